The summed E-state index contributed by atoms with van der Waals surface area (Å²) < 4.78 is 10.6. The molecule has 0 aliphatic carbocycles. The number of anilines is 1. The summed E-state index contributed by atoms with van der Waals surface area (Å²) in [5, 5.41) is 11.4. The molecule has 0 aliphatic heterocycles. The molecule has 0 fully saturated rings. The molecule has 4 rings (SSSR count). The molecule has 0 aliphatic rings. The normalized spacial score (nSPS) is 11.8. The van der Waals surface area contributed by atoms with Gasteiger partial charge in [-0.25, -0.2) is 9.78 Å². The van der Waals surface area contributed by atoms with E-state index in [0.717, 1.165) is 16.3 Å². The van der Waals surface area contributed by atoms with E-state index < -0.39 is 18.0 Å². The highest BCUT2D eigenvalue weighted by Crippen LogP contribution is 2.24. The van der Waals surface area contributed by atoms with Crippen molar-refractivity contribution in [3.63, 3.8) is 0 Å². The van der Waals surface area contributed by atoms with E-state index in [-0.39, 0.29) is 0 Å². The van der Waals surface area contributed by atoms with Gasteiger partial charge in [-0.1, -0.05) is 18.3 Å². The fourth-order valence-corrected chi connectivity index (χ4v) is 3.67. The number of carbonyl (C=O) groups excluding carboxylic acids is 2. The van der Waals surface area contributed by atoms with Gasteiger partial charge in [0.25, 0.3) is 5.91 Å². The zero-order chi connectivity index (χ0) is 22.7. The fraction of sp³-hybridized carbons (Fsp3) is 0.227. The number of esters is 1. The summed E-state index contributed by atoms with van der Waals surface area (Å²) in [5.41, 5.74) is 2.61. The number of aromatic nitrogens is 4. The topological polar surface area (TPSA) is 119 Å². The van der Waals surface area contributed by atoms with Gasteiger partial charge in [0.1, 0.15) is 16.6 Å². The number of aryl methyl sites for hydroxylation is 1. The number of amides is 1. The van der Waals surface area contributed by atoms with Crippen LogP contribution in [-0.2, 0) is 9.53 Å². The van der Waals surface area contributed by atoms with Crippen molar-refractivity contribution in [3.8, 4) is 17.1 Å². The van der Waals surface area contributed by atoms with Gasteiger partial charge in [0.15, 0.2) is 6.10 Å². The molecule has 32 heavy (non-hydrogen) atoms. The lowest BCUT2D eigenvalue weighted by Crippen LogP contribution is -2.32. The van der Waals surface area contributed by atoms with E-state index >= 15 is 0 Å². The first kappa shape index (κ1) is 21.4. The predicted octanol–water partition coefficient (Wildman–Crippen LogP) is 3.97. The van der Waals surface area contributed by atoms with E-state index in [2.05, 4.69) is 25.5 Å². The maximum atomic E-state index is 12.7. The van der Waals surface area contributed by atoms with Crippen molar-refractivity contribution in [1.29, 1.82) is 0 Å². The molecule has 9 nitrogen and oxygen atoms in total. The Kier molecular flexibility index (Phi) is 6.13. The SMILES string of the molecule is CCC(OC(=O)c1ccc2nc(-c3ccc(OC)cc3)[nH]c2c1)C(=O)Nc1nnc(C)s1. The Morgan fingerprint density at radius 3 is 2.59 bits per heavy atom. The molecule has 2 heterocycles. The van der Waals surface area contributed by atoms with Crippen LogP contribution in [-0.4, -0.2) is 45.3 Å². The van der Waals surface area contributed by atoms with Crippen LogP contribution in [0.15, 0.2) is 42.5 Å². The molecular formula is C22H21N5O4S. The molecule has 2 aromatic carbocycles. The zero-order valence-corrected chi connectivity index (χ0v) is 18.5. The van der Waals surface area contributed by atoms with Crippen molar-refractivity contribution in [1.82, 2.24) is 20.2 Å². The minimum atomic E-state index is -0.945. The van der Waals surface area contributed by atoms with E-state index in [0.29, 0.717) is 34.0 Å². The maximum Gasteiger partial charge on any atom is 0.338 e. The summed E-state index contributed by atoms with van der Waals surface area (Å²) in [6, 6.07) is 12.5. The van der Waals surface area contributed by atoms with Gasteiger partial charge in [-0.15, -0.1) is 10.2 Å². The number of H-pyrrole nitrogens is 1. The molecule has 1 unspecified atom stereocenters. The van der Waals surface area contributed by atoms with Gasteiger partial charge in [-0.2, -0.15) is 0 Å². The number of carbonyl (C=O) groups is 2. The number of hydrogen-bond acceptors (Lipinski definition) is 8. The third-order valence-electron chi connectivity index (χ3n) is 4.75. The number of methoxy groups -OCH3 is 1. The molecule has 2 aromatic heterocycles. The molecule has 0 radical (unpaired) electrons. The van der Waals surface area contributed by atoms with Gasteiger partial charge in [0.2, 0.25) is 5.13 Å². The number of aromatic amines is 1. The van der Waals surface area contributed by atoms with E-state index in [9.17, 15) is 9.59 Å². The first-order valence-electron chi connectivity index (χ1n) is 9.93. The lowest BCUT2D eigenvalue weighted by Gasteiger charge is -2.15. The van der Waals surface area contributed by atoms with Crippen LogP contribution < -0.4 is 10.1 Å². The summed E-state index contributed by atoms with van der Waals surface area (Å²) in [6.07, 6.45) is -0.623. The highest BCUT2D eigenvalue weighted by atomic mass is 32.1. The first-order valence-corrected chi connectivity index (χ1v) is 10.7. The van der Waals surface area contributed by atoms with Gasteiger partial charge in [-0.3, -0.25) is 10.1 Å². The second kappa shape index (κ2) is 9.15. The Balaban J connectivity index is 1.49. The van der Waals surface area contributed by atoms with Gasteiger partial charge >= 0.3 is 5.97 Å². The van der Waals surface area contributed by atoms with E-state index in [1.807, 2.05) is 24.3 Å². The van der Waals surface area contributed by atoms with Crippen LogP contribution in [0.25, 0.3) is 22.4 Å². The van der Waals surface area contributed by atoms with Gasteiger partial charge in [-0.05, 0) is 55.8 Å². The maximum absolute atomic E-state index is 12.7. The molecule has 0 spiro atoms. The minimum absolute atomic E-state index is 0.320. The largest absolute Gasteiger partial charge is 0.497 e. The van der Waals surface area contributed by atoms with Crippen LogP contribution in [0, 0.1) is 6.92 Å². The number of nitrogens with one attached hydrogen (secondary N) is 2. The van der Waals surface area contributed by atoms with E-state index in [1.165, 1.54) is 11.3 Å². The average molecular weight is 452 g/mol. The molecule has 2 N–H and O–H groups in total. The van der Waals surface area contributed by atoms with Crippen LogP contribution >= 0.6 is 11.3 Å². The first-order chi connectivity index (χ1) is 15.5. The number of nitrogens with zero attached hydrogens (tertiary/aromatic N) is 3. The summed E-state index contributed by atoms with van der Waals surface area (Å²) in [5.74, 6) is 0.390. The second-order valence-corrected chi connectivity index (χ2v) is 8.15. The Labute approximate surface area is 187 Å². The van der Waals surface area contributed by atoms with Crippen molar-refractivity contribution >= 4 is 39.4 Å². The average Bonchev–Trinajstić information content (AvgIpc) is 3.42. The van der Waals surface area contributed by atoms with Gasteiger partial charge < -0.3 is 14.5 Å². The number of fused-ring (bicyclic) bond motifs is 1. The molecule has 10 heteroatoms. The molecular weight excluding hydrogens is 430 g/mol. The van der Waals surface area contributed by atoms with E-state index in [4.69, 9.17) is 9.47 Å². The minimum Gasteiger partial charge on any atom is -0.497 e. The third-order valence-corrected chi connectivity index (χ3v) is 5.50. The predicted molar refractivity (Wildman–Crippen MR) is 121 cm³/mol. The standard InChI is InChI=1S/C22H21N5O4S/c1-4-18(20(28)25-22-27-26-12(2)32-22)31-21(29)14-7-10-16-17(11-14)24-19(23-16)13-5-8-15(30-3)9-6-13/h5-11,18H,4H2,1-3H3,(H,23,24)(H,25,27,28). The number of ether oxygens (including phenoxy) is 2. The molecule has 4 aromatic rings. The smallest absolute Gasteiger partial charge is 0.338 e. The molecule has 0 bridgehead atoms. The molecule has 164 valence electrons. The van der Waals surface area contributed by atoms with Crippen LogP contribution in [0.4, 0.5) is 5.13 Å². The Morgan fingerprint density at radius 2 is 1.94 bits per heavy atom. The van der Waals surface area contributed by atoms with Crippen LogP contribution in [0.5, 0.6) is 5.75 Å². The van der Waals surface area contributed by atoms with Crippen molar-refractivity contribution in [2.75, 3.05) is 12.4 Å². The number of rotatable bonds is 7. The Bertz CT molecular complexity index is 1270. The highest BCUT2D eigenvalue weighted by Gasteiger charge is 2.23. The zero-order valence-electron chi connectivity index (χ0n) is 17.7. The molecule has 0 saturated heterocycles. The Hall–Kier alpha value is -3.79. The summed E-state index contributed by atoms with van der Waals surface area (Å²) >= 11 is 1.25. The van der Waals surface area contributed by atoms with Gasteiger partial charge in [0.05, 0.1) is 23.7 Å². The van der Waals surface area contributed by atoms with Crippen LogP contribution in [0.2, 0.25) is 0 Å². The Morgan fingerprint density at radius 1 is 1.16 bits per heavy atom. The molecule has 0 saturated carbocycles. The summed E-state index contributed by atoms with van der Waals surface area (Å²) in [7, 11) is 1.61. The van der Waals surface area contributed by atoms with Crippen molar-refractivity contribution in [2.24, 2.45) is 0 Å². The number of benzene rings is 2. The lowest BCUT2D eigenvalue weighted by molar-refractivity contribution is -0.124. The summed E-state index contributed by atoms with van der Waals surface area (Å²) in [4.78, 5) is 32.9. The highest BCUT2D eigenvalue weighted by molar-refractivity contribution is 7.15. The lowest BCUT2D eigenvalue weighted by atomic mass is 10.2. The fourth-order valence-electron chi connectivity index (χ4n) is 3.07. The molecule has 1 atom stereocenters. The van der Waals surface area contributed by atoms with Gasteiger partial charge in [0, 0.05) is 5.56 Å². The van der Waals surface area contributed by atoms with Crippen molar-refractivity contribution < 1.29 is 19.1 Å². The monoisotopic (exact) mass is 451 g/mol. The van der Waals surface area contributed by atoms with Crippen LogP contribution in [0.1, 0.15) is 28.7 Å². The number of hydrogen-bond donors (Lipinski definition) is 2. The quantitative estimate of drug-likeness (QED) is 0.408. The van der Waals surface area contributed by atoms with Crippen molar-refractivity contribution in [2.45, 2.75) is 26.4 Å². The van der Waals surface area contributed by atoms with E-state index in [1.54, 1.807) is 39.2 Å². The van der Waals surface area contributed by atoms with Crippen molar-refractivity contribution in [3.05, 3.63) is 53.0 Å². The second-order valence-electron chi connectivity index (χ2n) is 6.96. The number of imidazole rings is 1. The van der Waals surface area contributed by atoms with Crippen LogP contribution in [0.3, 0.4) is 0 Å². The summed E-state index contributed by atoms with van der Waals surface area (Å²) in [6.45, 7) is 3.55. The molecule has 1 amide bonds. The third kappa shape index (κ3) is 4.59.